The number of amides is 4. The van der Waals surface area contributed by atoms with Crippen LogP contribution in [-0.2, 0) is 26.0 Å². The van der Waals surface area contributed by atoms with E-state index in [0.29, 0.717) is 5.56 Å². The standard InChI is InChI=1S/C20H18F4N4O5S/c1-12(29)25-15-6-8-16(9-7-15)34(32,33)27-19(20(22,23)24)17(30)28(18(31)26-19)11-10-13-2-4-14(21)5-3-13/h2-9,27H,10-11H2,1H3,(H,25,29)(H,26,31)/t19-/m1/s1. The highest BCUT2D eigenvalue weighted by molar-refractivity contribution is 7.89. The summed E-state index contributed by atoms with van der Waals surface area (Å²) in [6.07, 6.45) is -5.63. The molecule has 0 aromatic heterocycles. The van der Waals surface area contributed by atoms with Crippen LogP contribution >= 0.6 is 0 Å². The van der Waals surface area contributed by atoms with E-state index < -0.39 is 57.0 Å². The monoisotopic (exact) mass is 502 g/mol. The second-order valence-electron chi connectivity index (χ2n) is 7.32. The van der Waals surface area contributed by atoms with Crippen LogP contribution in [0.25, 0.3) is 0 Å². The van der Waals surface area contributed by atoms with Crippen molar-refractivity contribution in [2.45, 2.75) is 30.1 Å². The van der Waals surface area contributed by atoms with Gasteiger partial charge in [-0.3, -0.25) is 14.5 Å². The Kier molecular flexibility index (Phi) is 6.66. The number of benzene rings is 2. The Morgan fingerprint density at radius 2 is 1.65 bits per heavy atom. The number of nitrogens with one attached hydrogen (secondary N) is 3. The maximum absolute atomic E-state index is 14.0. The number of carbonyl (C=O) groups excluding carboxylic acids is 3. The maximum Gasteiger partial charge on any atom is 0.435 e. The van der Waals surface area contributed by atoms with Crippen LogP contribution in [-0.4, -0.2) is 49.5 Å². The van der Waals surface area contributed by atoms with Gasteiger partial charge in [-0.2, -0.15) is 17.9 Å². The Morgan fingerprint density at radius 3 is 2.18 bits per heavy atom. The van der Waals surface area contributed by atoms with Gasteiger partial charge in [-0.05, 0) is 48.4 Å². The number of urea groups is 1. The molecule has 1 fully saturated rings. The molecule has 4 amide bonds. The van der Waals surface area contributed by atoms with Crippen molar-refractivity contribution in [3.8, 4) is 0 Å². The molecule has 0 aliphatic carbocycles. The van der Waals surface area contributed by atoms with E-state index in [2.05, 4.69) is 5.32 Å². The fourth-order valence-electron chi connectivity index (χ4n) is 3.17. The fraction of sp³-hybridized carbons (Fsp3) is 0.250. The van der Waals surface area contributed by atoms with Crippen molar-refractivity contribution in [2.75, 3.05) is 11.9 Å². The molecule has 3 rings (SSSR count). The van der Waals surface area contributed by atoms with Gasteiger partial charge in [0, 0.05) is 19.2 Å². The topological polar surface area (TPSA) is 125 Å². The van der Waals surface area contributed by atoms with Crippen molar-refractivity contribution in [3.63, 3.8) is 0 Å². The van der Waals surface area contributed by atoms with Gasteiger partial charge in [0.05, 0.1) is 4.90 Å². The van der Waals surface area contributed by atoms with Gasteiger partial charge in [0.2, 0.25) is 15.9 Å². The Balaban J connectivity index is 1.86. The predicted molar refractivity (Wildman–Crippen MR) is 110 cm³/mol. The number of alkyl halides is 3. The van der Waals surface area contributed by atoms with E-state index in [1.165, 1.54) is 29.1 Å². The third-order valence-electron chi connectivity index (χ3n) is 4.84. The van der Waals surface area contributed by atoms with Crippen LogP contribution < -0.4 is 15.4 Å². The molecule has 34 heavy (non-hydrogen) atoms. The van der Waals surface area contributed by atoms with Gasteiger partial charge in [-0.15, -0.1) is 0 Å². The first-order chi connectivity index (χ1) is 15.7. The molecular formula is C20H18F4N4O5S. The number of carbonyl (C=O) groups is 3. The Morgan fingerprint density at radius 1 is 1.06 bits per heavy atom. The molecule has 0 bridgehead atoms. The molecule has 14 heteroatoms. The molecule has 2 aromatic carbocycles. The first kappa shape index (κ1) is 25.1. The number of nitrogens with zero attached hydrogens (tertiary/aromatic N) is 1. The maximum atomic E-state index is 14.0. The summed E-state index contributed by atoms with van der Waals surface area (Å²) in [5, 5.41) is 3.79. The molecule has 1 atom stereocenters. The quantitative estimate of drug-likeness (QED) is 0.395. The highest BCUT2D eigenvalue weighted by Gasteiger charge is 2.69. The number of anilines is 1. The van der Waals surface area contributed by atoms with Crippen molar-refractivity contribution in [1.82, 2.24) is 14.9 Å². The minimum Gasteiger partial charge on any atom is -0.326 e. The molecule has 0 spiro atoms. The lowest BCUT2D eigenvalue weighted by Gasteiger charge is -2.29. The third-order valence-corrected chi connectivity index (χ3v) is 6.31. The number of imide groups is 1. The van der Waals surface area contributed by atoms with E-state index in [1.54, 1.807) is 0 Å². The van der Waals surface area contributed by atoms with Gasteiger partial charge < -0.3 is 10.6 Å². The van der Waals surface area contributed by atoms with Crippen LogP contribution in [0.3, 0.4) is 0 Å². The average molecular weight is 502 g/mol. The minimum atomic E-state index is -5.53. The lowest BCUT2D eigenvalue weighted by Crippen LogP contribution is -2.69. The largest absolute Gasteiger partial charge is 0.435 e. The van der Waals surface area contributed by atoms with Crippen molar-refractivity contribution in [3.05, 3.63) is 59.9 Å². The zero-order chi connectivity index (χ0) is 25.3. The summed E-state index contributed by atoms with van der Waals surface area (Å²) in [6.45, 7) is 0.691. The van der Waals surface area contributed by atoms with Crippen molar-refractivity contribution in [1.29, 1.82) is 0 Å². The highest BCUT2D eigenvalue weighted by atomic mass is 32.2. The zero-order valence-electron chi connectivity index (χ0n) is 17.4. The molecule has 1 aliphatic heterocycles. The summed E-state index contributed by atoms with van der Waals surface area (Å²) < 4.78 is 81.7. The van der Waals surface area contributed by atoms with Gasteiger partial charge in [0.15, 0.2) is 0 Å². The van der Waals surface area contributed by atoms with Crippen LogP contribution in [0, 0.1) is 5.82 Å². The van der Waals surface area contributed by atoms with Crippen molar-refractivity contribution in [2.24, 2.45) is 0 Å². The van der Waals surface area contributed by atoms with Gasteiger partial charge in [-0.1, -0.05) is 12.1 Å². The SMILES string of the molecule is CC(=O)Nc1ccc(S(=O)(=O)N[C@]2(C(F)(F)F)NC(=O)N(CCc3ccc(F)cc3)C2=O)cc1. The number of hydrogen-bond donors (Lipinski definition) is 3. The van der Waals surface area contributed by atoms with Crippen molar-refractivity contribution >= 4 is 33.6 Å². The van der Waals surface area contributed by atoms with Crippen LogP contribution in [0.1, 0.15) is 12.5 Å². The predicted octanol–water partition coefficient (Wildman–Crippen LogP) is 2.12. The van der Waals surface area contributed by atoms with Crippen LogP contribution in [0.4, 0.5) is 28.0 Å². The molecule has 9 nitrogen and oxygen atoms in total. The Hall–Kier alpha value is -3.52. The van der Waals surface area contributed by atoms with E-state index >= 15 is 0 Å². The molecule has 1 saturated heterocycles. The van der Waals surface area contributed by atoms with Gasteiger partial charge in [0.25, 0.3) is 11.6 Å². The Labute approximate surface area is 191 Å². The zero-order valence-corrected chi connectivity index (χ0v) is 18.3. The minimum absolute atomic E-state index is 0.0925. The molecule has 0 radical (unpaired) electrons. The van der Waals surface area contributed by atoms with E-state index in [1.807, 2.05) is 0 Å². The second kappa shape index (κ2) is 9.02. The van der Waals surface area contributed by atoms with Crippen LogP contribution in [0.5, 0.6) is 0 Å². The normalized spacial score (nSPS) is 18.7. The summed E-state index contributed by atoms with van der Waals surface area (Å²) >= 11 is 0. The fourth-order valence-corrected chi connectivity index (χ4v) is 4.44. The summed E-state index contributed by atoms with van der Waals surface area (Å²) in [5.41, 5.74) is -3.30. The second-order valence-corrected chi connectivity index (χ2v) is 9.00. The molecule has 2 aromatic rings. The van der Waals surface area contributed by atoms with Crippen LogP contribution in [0.2, 0.25) is 0 Å². The molecule has 1 aliphatic rings. The highest BCUT2D eigenvalue weighted by Crippen LogP contribution is 2.35. The summed E-state index contributed by atoms with van der Waals surface area (Å²) in [4.78, 5) is 35.6. The van der Waals surface area contributed by atoms with Gasteiger partial charge in [-0.25, -0.2) is 17.6 Å². The number of sulfonamides is 1. The molecule has 182 valence electrons. The first-order valence-electron chi connectivity index (χ1n) is 9.62. The summed E-state index contributed by atoms with van der Waals surface area (Å²) in [7, 11) is -4.97. The first-order valence-corrected chi connectivity index (χ1v) is 11.1. The van der Waals surface area contributed by atoms with Crippen molar-refractivity contribution < 1.29 is 40.4 Å². The van der Waals surface area contributed by atoms with Gasteiger partial charge >= 0.3 is 12.2 Å². The van der Waals surface area contributed by atoms with E-state index in [4.69, 9.17) is 0 Å². The average Bonchev–Trinajstić information content (AvgIpc) is 2.97. The van der Waals surface area contributed by atoms with Crippen LogP contribution in [0.15, 0.2) is 53.4 Å². The number of hydrogen-bond acceptors (Lipinski definition) is 5. The third kappa shape index (κ3) is 5.02. The number of rotatable bonds is 7. The summed E-state index contributed by atoms with van der Waals surface area (Å²) in [6, 6.07) is 7.54. The van der Waals surface area contributed by atoms with E-state index in [9.17, 15) is 40.4 Å². The summed E-state index contributed by atoms with van der Waals surface area (Å²) in [5.74, 6) is -2.86. The Bertz CT molecular complexity index is 1220. The molecule has 3 N–H and O–H groups in total. The number of halogens is 4. The van der Waals surface area contributed by atoms with Gasteiger partial charge in [0.1, 0.15) is 5.82 Å². The van der Waals surface area contributed by atoms with E-state index in [-0.39, 0.29) is 17.0 Å². The lowest BCUT2D eigenvalue weighted by molar-refractivity contribution is -0.198. The smallest absolute Gasteiger partial charge is 0.326 e. The molecule has 1 heterocycles. The van der Waals surface area contributed by atoms with E-state index in [0.717, 1.165) is 36.4 Å². The molecule has 0 saturated carbocycles. The molecule has 0 unspecified atom stereocenters. The lowest BCUT2D eigenvalue weighted by atomic mass is 10.1. The molecular weight excluding hydrogens is 484 g/mol.